The van der Waals surface area contributed by atoms with E-state index in [1.165, 1.54) is 64.2 Å². The van der Waals surface area contributed by atoms with E-state index in [-0.39, 0.29) is 19.3 Å². The minimum Gasteiger partial charge on any atom is -0.481 e. The molecule has 0 saturated heterocycles. The van der Waals surface area contributed by atoms with Gasteiger partial charge in [-0.25, -0.2) is 0 Å². The molecule has 0 heterocycles. The maximum Gasteiger partial charge on any atom is 0.328 e. The molecule has 8 heteroatoms. The van der Waals surface area contributed by atoms with Crippen LogP contribution in [0.25, 0.3) is 0 Å². The lowest BCUT2D eigenvalue weighted by Crippen LogP contribution is -2.55. The lowest BCUT2D eigenvalue weighted by molar-refractivity contribution is -0.152. The van der Waals surface area contributed by atoms with Crippen LogP contribution in [0.4, 0.5) is 0 Å². The van der Waals surface area contributed by atoms with Crippen molar-refractivity contribution in [2.75, 3.05) is 0 Å². The zero-order valence-electron chi connectivity index (χ0n) is 24.4. The maximum atomic E-state index is 12.3. The fraction of sp³-hybridized carbons (Fsp3) is 0.933. The van der Waals surface area contributed by atoms with E-state index in [2.05, 4.69) is 13.8 Å². The van der Waals surface area contributed by atoms with E-state index in [0.29, 0.717) is 12.8 Å². The van der Waals surface area contributed by atoms with Crippen LogP contribution < -0.4 is 0 Å². The Morgan fingerprint density at radius 2 is 0.895 bits per heavy atom. The molecule has 0 aromatic carbocycles. The van der Waals surface area contributed by atoms with E-state index in [9.17, 15) is 32.8 Å². The van der Waals surface area contributed by atoms with Gasteiger partial charge in [-0.05, 0) is 12.8 Å². The van der Waals surface area contributed by atoms with Crippen molar-refractivity contribution in [1.29, 1.82) is 0 Å². The van der Waals surface area contributed by atoms with Crippen molar-refractivity contribution in [3.8, 4) is 0 Å². The second kappa shape index (κ2) is 22.6. The molecule has 0 aliphatic rings. The zero-order chi connectivity index (χ0) is 28.7. The predicted molar refractivity (Wildman–Crippen MR) is 155 cm³/mol. The fourth-order valence-corrected chi connectivity index (χ4v) is 6.67. The number of hydrogen-bond donors (Lipinski definition) is 3. The van der Waals surface area contributed by atoms with Gasteiger partial charge in [0.2, 0.25) is 4.75 Å². The molecule has 0 aliphatic heterocycles. The molecule has 0 rings (SSSR count). The van der Waals surface area contributed by atoms with Crippen molar-refractivity contribution in [3.63, 3.8) is 0 Å². The summed E-state index contributed by atoms with van der Waals surface area (Å²) in [6, 6.07) is 0. The Hall–Kier alpha value is -1.15. The second-order valence-electron chi connectivity index (χ2n) is 11.2. The summed E-state index contributed by atoms with van der Waals surface area (Å²) in [6.45, 7) is 4.37. The smallest absolute Gasteiger partial charge is 0.328 e. The lowest BCUT2D eigenvalue weighted by Gasteiger charge is -2.32. The van der Waals surface area contributed by atoms with E-state index in [1.54, 1.807) is 0 Å². The standard InChI is InChI=1S/C30H58O7S/c1-3-5-7-9-11-13-14-15-16-17-18-19-21-23-25-27(28(31)32)30(29(33)34,38(35,36)37)26-24-22-20-12-10-8-6-4-2/h27H,3-26H2,1-2H3,(H,31,32)(H,33,34)(H,35,36,37). The van der Waals surface area contributed by atoms with Gasteiger partial charge in [0.25, 0.3) is 10.1 Å². The first-order chi connectivity index (χ1) is 18.1. The summed E-state index contributed by atoms with van der Waals surface area (Å²) in [6.07, 6.45) is 22.6. The summed E-state index contributed by atoms with van der Waals surface area (Å²) in [5.41, 5.74) is 0. The van der Waals surface area contributed by atoms with Crippen LogP contribution in [0.5, 0.6) is 0 Å². The highest BCUT2D eigenvalue weighted by Gasteiger charge is 2.58. The highest BCUT2D eigenvalue weighted by atomic mass is 32.2. The molecule has 0 aromatic heterocycles. The highest BCUT2D eigenvalue weighted by Crippen LogP contribution is 2.37. The number of hydrogen-bond acceptors (Lipinski definition) is 4. The van der Waals surface area contributed by atoms with Crippen molar-refractivity contribution >= 4 is 22.1 Å². The predicted octanol–water partition coefficient (Wildman–Crippen LogP) is 8.80. The number of unbranched alkanes of at least 4 members (excludes halogenated alkanes) is 20. The van der Waals surface area contributed by atoms with Crippen molar-refractivity contribution < 1.29 is 32.8 Å². The average Bonchev–Trinajstić information content (AvgIpc) is 2.85. The third-order valence-electron chi connectivity index (χ3n) is 7.93. The van der Waals surface area contributed by atoms with Crippen LogP contribution >= 0.6 is 0 Å². The van der Waals surface area contributed by atoms with Crippen LogP contribution in [-0.4, -0.2) is 39.9 Å². The highest BCUT2D eigenvalue weighted by molar-refractivity contribution is 7.88. The van der Waals surface area contributed by atoms with Gasteiger partial charge in [0.05, 0.1) is 5.92 Å². The Kier molecular flexibility index (Phi) is 22.0. The Labute approximate surface area is 233 Å². The molecule has 0 aromatic rings. The van der Waals surface area contributed by atoms with Crippen LogP contribution in [0.3, 0.4) is 0 Å². The van der Waals surface area contributed by atoms with Crippen molar-refractivity contribution in [1.82, 2.24) is 0 Å². The summed E-state index contributed by atoms with van der Waals surface area (Å²) < 4.78 is 31.9. The first-order valence-electron chi connectivity index (χ1n) is 15.6. The Morgan fingerprint density at radius 1 is 0.579 bits per heavy atom. The summed E-state index contributed by atoms with van der Waals surface area (Å²) >= 11 is 0. The fourth-order valence-electron chi connectivity index (χ4n) is 5.47. The minimum absolute atomic E-state index is 0.0729. The van der Waals surface area contributed by atoms with Crippen LogP contribution in [0, 0.1) is 5.92 Å². The van der Waals surface area contributed by atoms with Gasteiger partial charge in [0, 0.05) is 0 Å². The van der Waals surface area contributed by atoms with Gasteiger partial charge in [0.15, 0.2) is 0 Å². The summed E-state index contributed by atoms with van der Waals surface area (Å²) in [5.74, 6) is -4.91. The molecular weight excluding hydrogens is 504 g/mol. The van der Waals surface area contributed by atoms with Gasteiger partial charge < -0.3 is 10.2 Å². The Morgan fingerprint density at radius 3 is 1.18 bits per heavy atom. The van der Waals surface area contributed by atoms with Crippen molar-refractivity contribution in [2.24, 2.45) is 5.92 Å². The maximum absolute atomic E-state index is 12.3. The number of rotatable bonds is 28. The zero-order valence-corrected chi connectivity index (χ0v) is 25.2. The molecule has 0 amide bonds. The van der Waals surface area contributed by atoms with Crippen LogP contribution in [-0.2, 0) is 19.7 Å². The third kappa shape index (κ3) is 15.4. The number of carbonyl (C=O) groups is 2. The monoisotopic (exact) mass is 562 g/mol. The second-order valence-corrected chi connectivity index (χ2v) is 12.8. The molecule has 226 valence electrons. The van der Waals surface area contributed by atoms with E-state index >= 15 is 0 Å². The molecule has 0 saturated carbocycles. The third-order valence-corrected chi connectivity index (χ3v) is 9.52. The molecule has 0 fully saturated rings. The molecule has 2 unspecified atom stereocenters. The van der Waals surface area contributed by atoms with E-state index in [1.807, 2.05) is 0 Å². The average molecular weight is 563 g/mol. The molecule has 38 heavy (non-hydrogen) atoms. The number of aliphatic carboxylic acids is 2. The van der Waals surface area contributed by atoms with E-state index < -0.39 is 32.7 Å². The van der Waals surface area contributed by atoms with Gasteiger partial charge in [-0.1, -0.05) is 155 Å². The van der Waals surface area contributed by atoms with Crippen molar-refractivity contribution in [3.05, 3.63) is 0 Å². The SMILES string of the molecule is CCCCCCCCCCCCCCCCC(C(=O)O)C(CCCCCCCCCC)(C(=O)O)S(=O)(=O)O. The molecule has 0 aliphatic carbocycles. The van der Waals surface area contributed by atoms with Gasteiger partial charge in [-0.2, -0.15) is 8.42 Å². The Bertz CT molecular complexity index is 707. The molecule has 3 N–H and O–H groups in total. The van der Waals surface area contributed by atoms with Gasteiger partial charge in [-0.15, -0.1) is 0 Å². The molecule has 0 spiro atoms. The Balaban J connectivity index is 4.55. The molecule has 7 nitrogen and oxygen atoms in total. The van der Waals surface area contributed by atoms with Crippen LogP contribution in [0.15, 0.2) is 0 Å². The van der Waals surface area contributed by atoms with E-state index in [4.69, 9.17) is 0 Å². The number of carboxylic acid groups (broad SMARTS) is 2. The summed E-state index contributed by atoms with van der Waals surface area (Å²) in [5, 5.41) is 19.7. The van der Waals surface area contributed by atoms with Crippen molar-refractivity contribution in [2.45, 2.75) is 173 Å². The van der Waals surface area contributed by atoms with Crippen LogP contribution in [0.2, 0.25) is 0 Å². The van der Waals surface area contributed by atoms with Gasteiger partial charge in [0.1, 0.15) is 0 Å². The molecule has 0 radical (unpaired) electrons. The first-order valence-corrected chi connectivity index (χ1v) is 17.0. The largest absolute Gasteiger partial charge is 0.481 e. The first kappa shape index (κ1) is 36.8. The lowest BCUT2D eigenvalue weighted by atomic mass is 9.82. The van der Waals surface area contributed by atoms with Gasteiger partial charge >= 0.3 is 11.9 Å². The van der Waals surface area contributed by atoms with E-state index in [0.717, 1.165) is 57.8 Å². The molecule has 0 bridgehead atoms. The summed E-state index contributed by atoms with van der Waals surface area (Å²) in [7, 11) is -5.12. The topological polar surface area (TPSA) is 129 Å². The molecule has 2 atom stereocenters. The summed E-state index contributed by atoms with van der Waals surface area (Å²) in [4.78, 5) is 24.3. The molecular formula is C30H58O7S. The quantitative estimate of drug-likeness (QED) is 0.0641. The normalized spacial score (nSPS) is 14.3. The van der Waals surface area contributed by atoms with Crippen LogP contribution in [0.1, 0.15) is 168 Å². The van der Waals surface area contributed by atoms with Gasteiger partial charge in [-0.3, -0.25) is 14.1 Å². The number of carboxylic acids is 2. The minimum atomic E-state index is -5.12.